The summed E-state index contributed by atoms with van der Waals surface area (Å²) in [6, 6.07) is 8.42. The zero-order chi connectivity index (χ0) is 12.5. The molecular weight excluding hydrogens is 282 g/mol. The summed E-state index contributed by atoms with van der Waals surface area (Å²) in [6.45, 7) is 1.98. The second kappa shape index (κ2) is 8.64. The molecule has 2 N–H and O–H groups in total. The van der Waals surface area contributed by atoms with Crippen molar-refractivity contribution in [1.29, 1.82) is 0 Å². The van der Waals surface area contributed by atoms with Gasteiger partial charge < -0.3 is 15.2 Å². The van der Waals surface area contributed by atoms with Crippen LogP contribution in [0.2, 0.25) is 0 Å². The van der Waals surface area contributed by atoms with E-state index < -0.39 is 0 Å². The minimum atomic E-state index is 0.152. The van der Waals surface area contributed by atoms with Crippen LogP contribution in [0.4, 0.5) is 0 Å². The van der Waals surface area contributed by atoms with Gasteiger partial charge in [-0.25, -0.2) is 0 Å². The Morgan fingerprint density at radius 1 is 1.18 bits per heavy atom. The van der Waals surface area contributed by atoms with Crippen molar-refractivity contribution in [3.8, 4) is 0 Å². The Bertz CT molecular complexity index is 303. The Morgan fingerprint density at radius 3 is 2.53 bits per heavy atom. The Hall–Kier alpha value is -0.420. The van der Waals surface area contributed by atoms with Crippen molar-refractivity contribution in [2.24, 2.45) is 5.73 Å². The maximum Gasteiger partial charge on any atom is 0.0700 e. The normalized spacial score (nSPS) is 12.6. The summed E-state index contributed by atoms with van der Waals surface area (Å²) in [4.78, 5) is 0. The molecule has 0 spiro atoms. The zero-order valence-corrected chi connectivity index (χ0v) is 11.8. The van der Waals surface area contributed by atoms with Gasteiger partial charge in [-0.3, -0.25) is 0 Å². The average Bonchev–Trinajstić information content (AvgIpc) is 2.32. The van der Waals surface area contributed by atoms with Gasteiger partial charge >= 0.3 is 0 Å². The van der Waals surface area contributed by atoms with Crippen molar-refractivity contribution in [1.82, 2.24) is 0 Å². The first-order valence-electron chi connectivity index (χ1n) is 5.79. The molecule has 96 valence electrons. The van der Waals surface area contributed by atoms with E-state index in [-0.39, 0.29) is 6.04 Å². The lowest BCUT2D eigenvalue weighted by atomic mass is 10.0. The monoisotopic (exact) mass is 301 g/mol. The molecule has 0 aliphatic rings. The van der Waals surface area contributed by atoms with Gasteiger partial charge in [-0.2, -0.15) is 0 Å². The highest BCUT2D eigenvalue weighted by atomic mass is 79.9. The molecule has 0 radical (unpaired) electrons. The van der Waals surface area contributed by atoms with E-state index in [0.29, 0.717) is 19.8 Å². The Morgan fingerprint density at radius 2 is 1.88 bits per heavy atom. The molecule has 0 bridgehead atoms. The van der Waals surface area contributed by atoms with Crippen molar-refractivity contribution in [2.75, 3.05) is 26.9 Å². The number of hydrogen-bond donors (Lipinski definition) is 1. The molecule has 0 aromatic heterocycles. The Kier molecular flexibility index (Phi) is 7.44. The van der Waals surface area contributed by atoms with Gasteiger partial charge in [-0.1, -0.05) is 28.1 Å². The maximum atomic E-state index is 6.04. The quantitative estimate of drug-likeness (QED) is 0.750. The molecule has 1 aromatic carbocycles. The van der Waals surface area contributed by atoms with E-state index in [1.165, 1.54) is 5.56 Å². The van der Waals surface area contributed by atoms with Crippen molar-refractivity contribution in [3.05, 3.63) is 34.3 Å². The van der Waals surface area contributed by atoms with Gasteiger partial charge in [-0.15, -0.1) is 0 Å². The molecule has 1 aromatic rings. The molecule has 0 heterocycles. The summed E-state index contributed by atoms with van der Waals surface area (Å²) in [5.41, 5.74) is 7.30. The van der Waals surface area contributed by atoms with Crippen LogP contribution in [0.15, 0.2) is 28.7 Å². The predicted octanol–water partition coefficient (Wildman–Crippen LogP) is 2.37. The maximum absolute atomic E-state index is 6.04. The highest BCUT2D eigenvalue weighted by molar-refractivity contribution is 9.10. The lowest BCUT2D eigenvalue weighted by Gasteiger charge is -2.12. The molecule has 1 atom stereocenters. The molecule has 0 aliphatic carbocycles. The smallest absolute Gasteiger partial charge is 0.0700 e. The minimum Gasteiger partial charge on any atom is -0.382 e. The Balaban J connectivity index is 2.16. The van der Waals surface area contributed by atoms with Gasteiger partial charge in [0.2, 0.25) is 0 Å². The molecule has 0 amide bonds. The highest BCUT2D eigenvalue weighted by Crippen LogP contribution is 2.12. The molecule has 3 nitrogen and oxygen atoms in total. The summed E-state index contributed by atoms with van der Waals surface area (Å²) in [5, 5.41) is 0. The summed E-state index contributed by atoms with van der Waals surface area (Å²) >= 11 is 3.41. The molecule has 0 aliphatic heterocycles. The first kappa shape index (κ1) is 14.6. The second-order valence-electron chi connectivity index (χ2n) is 3.98. The van der Waals surface area contributed by atoms with Crippen molar-refractivity contribution in [2.45, 2.75) is 18.9 Å². The zero-order valence-electron chi connectivity index (χ0n) is 10.2. The molecule has 0 fully saturated rings. The molecule has 0 saturated heterocycles. The van der Waals surface area contributed by atoms with Gasteiger partial charge in [0.25, 0.3) is 0 Å². The van der Waals surface area contributed by atoms with E-state index in [4.69, 9.17) is 15.2 Å². The number of methoxy groups -OCH3 is 1. The van der Waals surface area contributed by atoms with E-state index in [1.807, 2.05) is 12.1 Å². The number of hydrogen-bond acceptors (Lipinski definition) is 3. The summed E-state index contributed by atoms with van der Waals surface area (Å²) in [7, 11) is 1.67. The van der Waals surface area contributed by atoms with E-state index in [2.05, 4.69) is 28.1 Å². The number of nitrogens with two attached hydrogens (primary N) is 1. The van der Waals surface area contributed by atoms with Gasteiger partial charge in [0.1, 0.15) is 0 Å². The van der Waals surface area contributed by atoms with Crippen molar-refractivity contribution in [3.63, 3.8) is 0 Å². The predicted molar refractivity (Wildman–Crippen MR) is 73.1 cm³/mol. The molecule has 17 heavy (non-hydrogen) atoms. The largest absolute Gasteiger partial charge is 0.382 e. The third-order valence-electron chi connectivity index (χ3n) is 2.48. The van der Waals surface area contributed by atoms with Crippen LogP contribution >= 0.6 is 15.9 Å². The van der Waals surface area contributed by atoms with Crippen LogP contribution in [-0.2, 0) is 15.9 Å². The first-order chi connectivity index (χ1) is 8.22. The lowest BCUT2D eigenvalue weighted by molar-refractivity contribution is 0.0672. The third kappa shape index (κ3) is 6.78. The highest BCUT2D eigenvalue weighted by Gasteiger charge is 2.04. The average molecular weight is 302 g/mol. The van der Waals surface area contributed by atoms with Crippen molar-refractivity contribution >= 4 is 15.9 Å². The SMILES string of the molecule is COCCOCCC(N)Cc1ccc(Br)cc1. The van der Waals surface area contributed by atoms with Gasteiger partial charge in [0, 0.05) is 24.2 Å². The van der Waals surface area contributed by atoms with Crippen LogP contribution in [0.5, 0.6) is 0 Å². The topological polar surface area (TPSA) is 44.5 Å². The van der Waals surface area contributed by atoms with Crippen LogP contribution in [0.1, 0.15) is 12.0 Å². The summed E-state index contributed by atoms with van der Waals surface area (Å²) in [5.74, 6) is 0. The molecule has 1 rings (SSSR count). The standard InChI is InChI=1S/C13H20BrNO2/c1-16-8-9-17-7-6-13(15)10-11-2-4-12(14)5-3-11/h2-5,13H,6-10,15H2,1H3. The van der Waals surface area contributed by atoms with Crippen LogP contribution < -0.4 is 5.73 Å². The summed E-state index contributed by atoms with van der Waals surface area (Å²) in [6.07, 6.45) is 1.76. The van der Waals surface area contributed by atoms with E-state index in [9.17, 15) is 0 Å². The fourth-order valence-electron chi connectivity index (χ4n) is 1.50. The third-order valence-corrected chi connectivity index (χ3v) is 3.00. The fraction of sp³-hybridized carbons (Fsp3) is 0.538. The van der Waals surface area contributed by atoms with Gasteiger partial charge in [0.15, 0.2) is 0 Å². The number of halogens is 1. The van der Waals surface area contributed by atoms with Crippen LogP contribution in [-0.4, -0.2) is 33.0 Å². The second-order valence-corrected chi connectivity index (χ2v) is 4.90. The summed E-state index contributed by atoms with van der Waals surface area (Å²) < 4.78 is 11.4. The van der Waals surface area contributed by atoms with Crippen molar-refractivity contribution < 1.29 is 9.47 Å². The van der Waals surface area contributed by atoms with Gasteiger partial charge in [-0.05, 0) is 30.5 Å². The van der Waals surface area contributed by atoms with Crippen LogP contribution in [0.3, 0.4) is 0 Å². The van der Waals surface area contributed by atoms with Crippen LogP contribution in [0, 0.1) is 0 Å². The minimum absolute atomic E-state index is 0.152. The van der Waals surface area contributed by atoms with E-state index in [1.54, 1.807) is 7.11 Å². The lowest BCUT2D eigenvalue weighted by Crippen LogP contribution is -2.25. The number of ether oxygens (including phenoxy) is 2. The Labute approximate surface area is 111 Å². The molecule has 0 saturated carbocycles. The first-order valence-corrected chi connectivity index (χ1v) is 6.58. The van der Waals surface area contributed by atoms with E-state index in [0.717, 1.165) is 17.3 Å². The van der Waals surface area contributed by atoms with Crippen LogP contribution in [0.25, 0.3) is 0 Å². The van der Waals surface area contributed by atoms with E-state index >= 15 is 0 Å². The van der Waals surface area contributed by atoms with Gasteiger partial charge in [0.05, 0.1) is 13.2 Å². The fourth-order valence-corrected chi connectivity index (χ4v) is 1.77. The number of benzene rings is 1. The molecular formula is C13H20BrNO2. The molecule has 1 unspecified atom stereocenters. The number of rotatable bonds is 8. The molecule has 4 heteroatoms.